The molecule has 1 aromatic heterocycles. The van der Waals surface area contributed by atoms with E-state index in [0.717, 1.165) is 16.6 Å². The average molecular weight is 339 g/mol. The van der Waals surface area contributed by atoms with Crippen LogP contribution in [0.3, 0.4) is 0 Å². The molecule has 0 aliphatic heterocycles. The van der Waals surface area contributed by atoms with Gasteiger partial charge >= 0.3 is 0 Å². The van der Waals surface area contributed by atoms with Gasteiger partial charge in [0.25, 0.3) is 0 Å². The summed E-state index contributed by atoms with van der Waals surface area (Å²) >= 11 is 6.15. The van der Waals surface area contributed by atoms with Crippen molar-refractivity contribution in [3.8, 4) is 0 Å². The molecule has 0 aliphatic rings. The molecule has 0 radical (unpaired) electrons. The Labute approximate surface area is 146 Å². The van der Waals surface area contributed by atoms with E-state index in [2.05, 4.69) is 53.4 Å². The van der Waals surface area contributed by atoms with Crippen molar-refractivity contribution in [3.63, 3.8) is 0 Å². The summed E-state index contributed by atoms with van der Waals surface area (Å²) in [6, 6.07) is 15.9. The highest BCUT2D eigenvalue weighted by atomic mass is 35.5. The molecule has 5 heteroatoms. The van der Waals surface area contributed by atoms with Crippen LogP contribution in [-0.4, -0.2) is 16.2 Å². The number of aromatic nitrogens is 2. The lowest BCUT2D eigenvalue weighted by Crippen LogP contribution is -2.10. The Bertz CT molecular complexity index is 880. The van der Waals surface area contributed by atoms with Gasteiger partial charge in [-0.2, -0.15) is 5.10 Å². The van der Waals surface area contributed by atoms with Crippen molar-refractivity contribution < 1.29 is 0 Å². The average Bonchev–Trinajstić information content (AvgIpc) is 2.55. The van der Waals surface area contributed by atoms with E-state index < -0.39 is 0 Å². The largest absolute Gasteiger partial charge is 0.259 e. The molecule has 0 fully saturated rings. The lowest BCUT2D eigenvalue weighted by Gasteiger charge is -2.18. The summed E-state index contributed by atoms with van der Waals surface area (Å²) in [5.41, 5.74) is 6.82. The number of hydrazone groups is 1. The van der Waals surface area contributed by atoms with E-state index in [1.165, 1.54) is 5.56 Å². The summed E-state index contributed by atoms with van der Waals surface area (Å²) in [5.74, 6) is 0.443. The molecular weight excluding hydrogens is 320 g/mol. The number of nitrogens with one attached hydrogen (secondary N) is 1. The predicted molar refractivity (Wildman–Crippen MR) is 101 cm³/mol. The standard InChI is InChI=1S/C19H19ClN4/c1-19(2,3)14-10-8-13(9-11-14)12-21-24-18-17(20)22-15-6-4-5-7-16(15)23-18/h4-12H,1-3H3,(H,23,24)/b21-12+. The third kappa shape index (κ3) is 3.71. The van der Waals surface area contributed by atoms with Crippen LogP contribution in [0.15, 0.2) is 53.6 Å². The molecule has 0 bridgehead atoms. The van der Waals surface area contributed by atoms with Crippen LogP contribution in [0.25, 0.3) is 11.0 Å². The number of nitrogens with zero attached hydrogens (tertiary/aromatic N) is 3. The van der Waals surface area contributed by atoms with Crippen LogP contribution in [-0.2, 0) is 5.41 Å². The molecule has 122 valence electrons. The van der Waals surface area contributed by atoms with E-state index in [9.17, 15) is 0 Å². The highest BCUT2D eigenvalue weighted by molar-refractivity contribution is 6.32. The monoisotopic (exact) mass is 338 g/mol. The Morgan fingerprint density at radius 2 is 1.58 bits per heavy atom. The summed E-state index contributed by atoms with van der Waals surface area (Å²) in [5, 5.41) is 4.51. The van der Waals surface area contributed by atoms with Gasteiger partial charge in [-0.3, -0.25) is 5.43 Å². The predicted octanol–water partition coefficient (Wildman–Crippen LogP) is 5.03. The lowest BCUT2D eigenvalue weighted by atomic mass is 9.87. The minimum absolute atomic E-state index is 0.141. The van der Waals surface area contributed by atoms with Crippen LogP contribution in [0.5, 0.6) is 0 Å². The van der Waals surface area contributed by atoms with Crippen molar-refractivity contribution in [2.75, 3.05) is 5.43 Å². The molecule has 2 aromatic carbocycles. The van der Waals surface area contributed by atoms with Gasteiger partial charge in [0, 0.05) is 0 Å². The SMILES string of the molecule is CC(C)(C)c1ccc(/C=N/Nc2nc3ccccc3nc2Cl)cc1. The Morgan fingerprint density at radius 3 is 2.21 bits per heavy atom. The van der Waals surface area contributed by atoms with E-state index in [1.807, 2.05) is 36.4 Å². The molecule has 0 spiro atoms. The highest BCUT2D eigenvalue weighted by Crippen LogP contribution is 2.22. The van der Waals surface area contributed by atoms with Gasteiger partial charge in [-0.25, -0.2) is 9.97 Å². The van der Waals surface area contributed by atoms with E-state index in [0.29, 0.717) is 11.0 Å². The molecule has 1 N–H and O–H groups in total. The molecule has 3 aromatic rings. The molecule has 0 saturated carbocycles. The second kappa shape index (κ2) is 6.57. The topological polar surface area (TPSA) is 50.2 Å². The van der Waals surface area contributed by atoms with Crippen LogP contribution in [0.1, 0.15) is 31.9 Å². The molecular formula is C19H19ClN4. The number of fused-ring (bicyclic) bond motifs is 1. The first-order valence-electron chi connectivity index (χ1n) is 7.75. The van der Waals surface area contributed by atoms with Crippen molar-refractivity contribution in [1.29, 1.82) is 0 Å². The number of hydrogen-bond donors (Lipinski definition) is 1. The Morgan fingerprint density at radius 1 is 0.958 bits per heavy atom. The third-order valence-electron chi connectivity index (χ3n) is 3.69. The number of rotatable bonds is 3. The molecule has 0 atom stereocenters. The quantitative estimate of drug-likeness (QED) is 0.538. The van der Waals surface area contributed by atoms with Gasteiger partial charge in [0.2, 0.25) is 0 Å². The van der Waals surface area contributed by atoms with Crippen LogP contribution in [0.2, 0.25) is 5.15 Å². The lowest BCUT2D eigenvalue weighted by molar-refractivity contribution is 0.590. The van der Waals surface area contributed by atoms with Gasteiger partial charge in [0.15, 0.2) is 11.0 Å². The maximum Gasteiger partial charge on any atom is 0.185 e. The first-order valence-corrected chi connectivity index (χ1v) is 8.13. The van der Waals surface area contributed by atoms with E-state index in [-0.39, 0.29) is 5.41 Å². The molecule has 4 nitrogen and oxygen atoms in total. The zero-order valence-corrected chi connectivity index (χ0v) is 14.7. The molecule has 0 unspecified atom stereocenters. The van der Waals surface area contributed by atoms with Gasteiger partial charge < -0.3 is 0 Å². The number of anilines is 1. The minimum atomic E-state index is 0.141. The maximum atomic E-state index is 6.15. The van der Waals surface area contributed by atoms with Crippen molar-refractivity contribution in [1.82, 2.24) is 9.97 Å². The van der Waals surface area contributed by atoms with Crippen LogP contribution >= 0.6 is 11.6 Å². The van der Waals surface area contributed by atoms with Crippen molar-refractivity contribution >= 4 is 34.7 Å². The summed E-state index contributed by atoms with van der Waals surface area (Å²) in [6.07, 6.45) is 1.74. The minimum Gasteiger partial charge on any atom is -0.259 e. The second-order valence-electron chi connectivity index (χ2n) is 6.59. The van der Waals surface area contributed by atoms with Crippen LogP contribution in [0, 0.1) is 0 Å². The Hall–Kier alpha value is -2.46. The maximum absolute atomic E-state index is 6.15. The van der Waals surface area contributed by atoms with E-state index >= 15 is 0 Å². The van der Waals surface area contributed by atoms with Gasteiger partial charge in [-0.05, 0) is 28.7 Å². The molecule has 0 amide bonds. The zero-order valence-electron chi connectivity index (χ0n) is 13.9. The Balaban J connectivity index is 1.75. The van der Waals surface area contributed by atoms with Crippen molar-refractivity contribution in [3.05, 3.63) is 64.8 Å². The first kappa shape index (κ1) is 16.4. The fraction of sp³-hybridized carbons (Fsp3) is 0.211. The third-order valence-corrected chi connectivity index (χ3v) is 3.95. The normalized spacial score (nSPS) is 12.0. The number of halogens is 1. The number of benzene rings is 2. The smallest absolute Gasteiger partial charge is 0.185 e. The molecule has 3 rings (SSSR count). The summed E-state index contributed by atoms with van der Waals surface area (Å²) in [4.78, 5) is 8.74. The molecule has 24 heavy (non-hydrogen) atoms. The number of para-hydroxylation sites is 2. The van der Waals surface area contributed by atoms with Crippen molar-refractivity contribution in [2.24, 2.45) is 5.10 Å². The number of hydrogen-bond acceptors (Lipinski definition) is 4. The van der Waals surface area contributed by atoms with Crippen LogP contribution in [0.4, 0.5) is 5.82 Å². The summed E-state index contributed by atoms with van der Waals surface area (Å²) in [6.45, 7) is 6.58. The van der Waals surface area contributed by atoms with Crippen molar-refractivity contribution in [2.45, 2.75) is 26.2 Å². The first-order chi connectivity index (χ1) is 11.4. The summed E-state index contributed by atoms with van der Waals surface area (Å²) in [7, 11) is 0. The van der Waals surface area contributed by atoms with Gasteiger partial charge in [-0.15, -0.1) is 0 Å². The molecule has 1 heterocycles. The Kier molecular flexibility index (Phi) is 4.49. The molecule has 0 saturated heterocycles. The fourth-order valence-corrected chi connectivity index (χ4v) is 2.46. The fourth-order valence-electron chi connectivity index (χ4n) is 2.29. The van der Waals surface area contributed by atoms with Gasteiger partial charge in [0.05, 0.1) is 17.2 Å². The van der Waals surface area contributed by atoms with Gasteiger partial charge in [-0.1, -0.05) is 68.8 Å². The van der Waals surface area contributed by atoms with E-state index in [4.69, 9.17) is 11.6 Å². The van der Waals surface area contributed by atoms with Gasteiger partial charge in [0.1, 0.15) is 0 Å². The second-order valence-corrected chi connectivity index (χ2v) is 6.95. The van der Waals surface area contributed by atoms with E-state index in [1.54, 1.807) is 6.21 Å². The zero-order chi connectivity index (χ0) is 17.2. The molecule has 0 aliphatic carbocycles. The summed E-state index contributed by atoms with van der Waals surface area (Å²) < 4.78 is 0. The highest BCUT2D eigenvalue weighted by Gasteiger charge is 2.12. The van der Waals surface area contributed by atoms with Crippen LogP contribution < -0.4 is 5.43 Å².